The summed E-state index contributed by atoms with van der Waals surface area (Å²) in [5.41, 5.74) is 4.87. The van der Waals surface area contributed by atoms with Crippen LogP contribution in [0.5, 0.6) is 0 Å². The number of hydrogen-bond donors (Lipinski definition) is 0. The molecule has 1 aliphatic rings. The molecule has 0 spiro atoms. The molecular weight excluding hydrogens is 298 g/mol. The van der Waals surface area contributed by atoms with E-state index >= 15 is 0 Å². The van der Waals surface area contributed by atoms with Gasteiger partial charge in [-0.05, 0) is 18.1 Å². The zero-order chi connectivity index (χ0) is 16.0. The van der Waals surface area contributed by atoms with Crippen LogP contribution in [0, 0.1) is 0 Å². The second-order valence-corrected chi connectivity index (χ2v) is 12.2. The van der Waals surface area contributed by atoms with Gasteiger partial charge in [-0.1, -0.05) is 50.0 Å². The molecule has 3 heterocycles. The Kier molecular flexibility index (Phi) is 3.23. The molecule has 116 valence electrons. The van der Waals surface area contributed by atoms with E-state index in [0.717, 1.165) is 24.5 Å². The molecule has 0 saturated heterocycles. The second-order valence-electron chi connectivity index (χ2n) is 7.17. The first-order valence-electron chi connectivity index (χ1n) is 8.15. The Morgan fingerprint density at radius 3 is 2.52 bits per heavy atom. The summed E-state index contributed by atoms with van der Waals surface area (Å²) in [6.07, 6.45) is 5.03. The van der Waals surface area contributed by atoms with Gasteiger partial charge in [0, 0.05) is 35.4 Å². The van der Waals surface area contributed by atoms with Gasteiger partial charge in [0.2, 0.25) is 0 Å². The van der Waals surface area contributed by atoms with E-state index in [9.17, 15) is 0 Å². The lowest BCUT2D eigenvalue weighted by atomic mass is 9.96. The van der Waals surface area contributed by atoms with Gasteiger partial charge >= 0.3 is 0 Å². The molecule has 0 N–H and O–H groups in total. The molecule has 0 bridgehead atoms. The molecule has 0 aliphatic carbocycles. The Balaban J connectivity index is 1.90. The molecule has 0 saturated carbocycles. The maximum atomic E-state index is 4.77. The highest BCUT2D eigenvalue weighted by molar-refractivity contribution is 6.88. The number of rotatable bonds is 2. The number of fused-ring (bicyclic) bond motifs is 3. The maximum Gasteiger partial charge on any atom is 0.140 e. The molecule has 23 heavy (non-hydrogen) atoms. The predicted molar refractivity (Wildman–Crippen MR) is 97.6 cm³/mol. The van der Waals surface area contributed by atoms with Crippen LogP contribution in [0.4, 0.5) is 0 Å². The first kappa shape index (κ1) is 14.4. The van der Waals surface area contributed by atoms with Crippen LogP contribution in [0.25, 0.3) is 22.6 Å². The van der Waals surface area contributed by atoms with Crippen LogP contribution in [-0.4, -0.2) is 22.6 Å². The monoisotopic (exact) mass is 319 g/mol. The summed E-state index contributed by atoms with van der Waals surface area (Å²) in [5.74, 6) is 1.11. The average molecular weight is 319 g/mol. The van der Waals surface area contributed by atoms with Crippen LogP contribution in [0.15, 0.2) is 48.8 Å². The summed E-state index contributed by atoms with van der Waals surface area (Å²) in [4.78, 5) is 9.43. The Bertz CT molecular complexity index is 860. The van der Waals surface area contributed by atoms with Gasteiger partial charge in [0.05, 0.1) is 5.69 Å². The minimum absolute atomic E-state index is 1.01. The van der Waals surface area contributed by atoms with Crippen molar-refractivity contribution >= 4 is 13.4 Å². The fraction of sp³-hybridized carbons (Fsp3) is 0.263. The minimum atomic E-state index is -1.37. The van der Waals surface area contributed by atoms with Gasteiger partial charge in [0.1, 0.15) is 13.9 Å². The molecule has 4 heteroatoms. The molecule has 0 unspecified atom stereocenters. The van der Waals surface area contributed by atoms with Crippen molar-refractivity contribution in [3.8, 4) is 22.6 Å². The Morgan fingerprint density at radius 1 is 1.00 bits per heavy atom. The summed E-state index contributed by atoms with van der Waals surface area (Å²) in [6, 6.07) is 12.6. The molecule has 3 nitrogen and oxygen atoms in total. The quantitative estimate of drug-likeness (QED) is 0.674. The number of hydrogen-bond acceptors (Lipinski definition) is 2. The molecule has 3 aromatic rings. The lowest BCUT2D eigenvalue weighted by Gasteiger charge is -2.25. The number of imidazole rings is 1. The van der Waals surface area contributed by atoms with Crippen LogP contribution in [0.2, 0.25) is 19.6 Å². The third-order valence-electron chi connectivity index (χ3n) is 4.55. The van der Waals surface area contributed by atoms with E-state index in [1.807, 2.05) is 12.3 Å². The van der Waals surface area contributed by atoms with E-state index in [1.54, 1.807) is 0 Å². The topological polar surface area (TPSA) is 30.7 Å². The first-order chi connectivity index (χ1) is 11.1. The van der Waals surface area contributed by atoms with Gasteiger partial charge in [-0.15, -0.1) is 0 Å². The van der Waals surface area contributed by atoms with Crippen molar-refractivity contribution in [2.75, 3.05) is 0 Å². The van der Waals surface area contributed by atoms with Gasteiger partial charge in [0.15, 0.2) is 0 Å². The molecule has 0 atom stereocenters. The average Bonchev–Trinajstić information content (AvgIpc) is 3.00. The fourth-order valence-electron chi connectivity index (χ4n) is 3.44. The minimum Gasteiger partial charge on any atom is -0.332 e. The summed E-state index contributed by atoms with van der Waals surface area (Å²) in [6.45, 7) is 8.16. The third-order valence-corrected chi connectivity index (χ3v) is 6.49. The number of pyridine rings is 1. The smallest absolute Gasteiger partial charge is 0.140 e. The first-order valence-corrected chi connectivity index (χ1v) is 11.7. The van der Waals surface area contributed by atoms with E-state index in [-0.39, 0.29) is 0 Å². The van der Waals surface area contributed by atoms with E-state index in [2.05, 4.69) is 65.7 Å². The van der Waals surface area contributed by atoms with Crippen molar-refractivity contribution in [3.05, 3.63) is 54.4 Å². The number of benzene rings is 1. The van der Waals surface area contributed by atoms with Crippen LogP contribution < -0.4 is 5.32 Å². The van der Waals surface area contributed by atoms with Gasteiger partial charge in [-0.2, -0.15) is 0 Å². The zero-order valence-corrected chi connectivity index (χ0v) is 14.9. The van der Waals surface area contributed by atoms with Crippen LogP contribution in [0.3, 0.4) is 0 Å². The highest BCUT2D eigenvalue weighted by Gasteiger charge is 2.28. The molecular formula is C19H21N3Si. The standard InChI is InChI=1S/C19H21N3Si/c1-23(2,3)17-13-21-19-16-9-11-20-18(14-7-5-4-6-8-14)15(16)10-12-22(17)19/h4-9,11,13H,10,12H2,1-3H3. The van der Waals surface area contributed by atoms with E-state index in [1.165, 1.54) is 22.0 Å². The SMILES string of the molecule is C[Si](C)(C)c1cnc2n1CCc1c-2ccnc1-c1ccccc1. The van der Waals surface area contributed by atoms with Gasteiger partial charge in [-0.25, -0.2) is 4.98 Å². The Hall–Kier alpha value is -2.20. The molecule has 4 rings (SSSR count). The molecule has 1 aromatic carbocycles. The van der Waals surface area contributed by atoms with Gasteiger partial charge in [0.25, 0.3) is 0 Å². The van der Waals surface area contributed by atoms with Crippen LogP contribution in [0.1, 0.15) is 5.56 Å². The van der Waals surface area contributed by atoms with E-state index in [0.29, 0.717) is 0 Å². The van der Waals surface area contributed by atoms with Crippen molar-refractivity contribution in [1.29, 1.82) is 0 Å². The van der Waals surface area contributed by atoms with Crippen molar-refractivity contribution in [2.45, 2.75) is 32.6 Å². The van der Waals surface area contributed by atoms with Gasteiger partial charge in [-0.3, -0.25) is 4.98 Å². The van der Waals surface area contributed by atoms with Crippen LogP contribution >= 0.6 is 0 Å². The van der Waals surface area contributed by atoms with Crippen molar-refractivity contribution in [2.24, 2.45) is 0 Å². The maximum absolute atomic E-state index is 4.77. The molecule has 0 fully saturated rings. The summed E-state index contributed by atoms with van der Waals surface area (Å²) >= 11 is 0. The summed E-state index contributed by atoms with van der Waals surface area (Å²) < 4.78 is 2.43. The van der Waals surface area contributed by atoms with Crippen molar-refractivity contribution in [1.82, 2.24) is 14.5 Å². The van der Waals surface area contributed by atoms with Crippen LogP contribution in [-0.2, 0) is 13.0 Å². The van der Waals surface area contributed by atoms with Crippen molar-refractivity contribution < 1.29 is 0 Å². The van der Waals surface area contributed by atoms with E-state index in [4.69, 9.17) is 4.98 Å². The van der Waals surface area contributed by atoms with E-state index < -0.39 is 8.07 Å². The molecule has 0 radical (unpaired) electrons. The Labute approximate surface area is 138 Å². The highest BCUT2D eigenvalue weighted by Crippen LogP contribution is 2.33. The van der Waals surface area contributed by atoms with Crippen molar-refractivity contribution in [3.63, 3.8) is 0 Å². The Morgan fingerprint density at radius 2 is 1.78 bits per heavy atom. The summed E-state index contributed by atoms with van der Waals surface area (Å²) in [5, 5.41) is 1.44. The second kappa shape index (κ2) is 5.17. The molecule has 1 aliphatic heterocycles. The number of nitrogens with zero attached hydrogens (tertiary/aromatic N) is 3. The third kappa shape index (κ3) is 2.34. The normalized spacial score (nSPS) is 13.5. The number of aromatic nitrogens is 3. The highest BCUT2D eigenvalue weighted by atomic mass is 28.3. The molecule has 2 aromatic heterocycles. The van der Waals surface area contributed by atoms with Gasteiger partial charge < -0.3 is 4.57 Å². The lowest BCUT2D eigenvalue weighted by molar-refractivity contribution is 0.694. The largest absolute Gasteiger partial charge is 0.332 e. The molecule has 0 amide bonds. The predicted octanol–water partition coefficient (Wildman–Crippen LogP) is 3.71. The lowest BCUT2D eigenvalue weighted by Crippen LogP contribution is -2.43. The summed E-state index contributed by atoms with van der Waals surface area (Å²) in [7, 11) is -1.37. The fourth-order valence-corrected chi connectivity index (χ4v) is 4.92. The zero-order valence-electron chi connectivity index (χ0n) is 13.9.